The summed E-state index contributed by atoms with van der Waals surface area (Å²) < 4.78 is 9.68. The molecular formula is C16H12BrClN6O3. The van der Waals surface area contributed by atoms with Crippen molar-refractivity contribution in [1.82, 2.24) is 28.8 Å². The molecule has 9 nitrogen and oxygen atoms in total. The van der Waals surface area contributed by atoms with Gasteiger partial charge in [0.25, 0.3) is 5.56 Å². The third kappa shape index (κ3) is 2.90. The van der Waals surface area contributed by atoms with Crippen LogP contribution in [0.2, 0.25) is 5.02 Å². The molecule has 4 rings (SSSR count). The molecule has 4 aromatic rings. The lowest BCUT2D eigenvalue weighted by Crippen LogP contribution is -2.37. The van der Waals surface area contributed by atoms with Crippen molar-refractivity contribution in [2.75, 3.05) is 0 Å². The van der Waals surface area contributed by atoms with Crippen molar-refractivity contribution >= 4 is 38.7 Å². The Kier molecular flexibility index (Phi) is 4.23. The van der Waals surface area contributed by atoms with E-state index in [9.17, 15) is 9.59 Å². The van der Waals surface area contributed by atoms with E-state index in [1.54, 1.807) is 35.9 Å². The summed E-state index contributed by atoms with van der Waals surface area (Å²) in [5, 5.41) is 4.58. The lowest BCUT2D eigenvalue weighted by Gasteiger charge is -2.07. The minimum absolute atomic E-state index is 0.137. The van der Waals surface area contributed by atoms with Gasteiger partial charge in [-0.25, -0.2) is 9.78 Å². The number of imidazole rings is 1. The first-order chi connectivity index (χ1) is 12.9. The van der Waals surface area contributed by atoms with Gasteiger partial charge in [0.1, 0.15) is 6.54 Å². The Hall–Kier alpha value is -2.72. The van der Waals surface area contributed by atoms with E-state index in [-0.39, 0.29) is 12.1 Å². The molecule has 27 heavy (non-hydrogen) atoms. The van der Waals surface area contributed by atoms with Crippen LogP contribution in [-0.2, 0) is 20.6 Å². The van der Waals surface area contributed by atoms with Gasteiger partial charge in [0, 0.05) is 24.7 Å². The number of nitrogens with zero attached hydrogens (tertiary/aromatic N) is 6. The van der Waals surface area contributed by atoms with Gasteiger partial charge in [-0.05, 0) is 40.2 Å². The van der Waals surface area contributed by atoms with Crippen molar-refractivity contribution in [1.29, 1.82) is 0 Å². The Labute approximate surface area is 164 Å². The van der Waals surface area contributed by atoms with Gasteiger partial charge in [0.2, 0.25) is 11.7 Å². The van der Waals surface area contributed by atoms with Crippen molar-refractivity contribution in [3.63, 3.8) is 0 Å². The number of aromatic nitrogens is 6. The summed E-state index contributed by atoms with van der Waals surface area (Å²) in [5.74, 6) is 0.708. The molecule has 0 unspecified atom stereocenters. The summed E-state index contributed by atoms with van der Waals surface area (Å²) >= 11 is 9.22. The van der Waals surface area contributed by atoms with Crippen molar-refractivity contribution in [3.8, 4) is 11.4 Å². The second kappa shape index (κ2) is 6.46. The molecule has 0 atom stereocenters. The first kappa shape index (κ1) is 17.7. The summed E-state index contributed by atoms with van der Waals surface area (Å²) in [6, 6.07) is 7.04. The predicted octanol–water partition coefficient (Wildman–Crippen LogP) is 1.95. The maximum absolute atomic E-state index is 12.3. The van der Waals surface area contributed by atoms with Gasteiger partial charge in [-0.15, -0.1) is 0 Å². The van der Waals surface area contributed by atoms with Crippen LogP contribution in [0.5, 0.6) is 0 Å². The quantitative estimate of drug-likeness (QED) is 0.441. The van der Waals surface area contributed by atoms with Crippen LogP contribution in [0.3, 0.4) is 0 Å². The number of aryl methyl sites for hydroxylation is 1. The van der Waals surface area contributed by atoms with Crippen molar-refractivity contribution in [3.05, 3.63) is 60.8 Å². The molecule has 0 N–H and O–H groups in total. The van der Waals surface area contributed by atoms with Crippen LogP contribution >= 0.6 is 27.5 Å². The SMILES string of the molecule is Cn1c(=O)c2nc(Br)n(Cc3nc(-c4ccc(Cl)cc4)no3)c2n(C)c1=O. The molecule has 0 radical (unpaired) electrons. The van der Waals surface area contributed by atoms with Crippen LogP contribution in [0.25, 0.3) is 22.6 Å². The fraction of sp³-hybridized carbons (Fsp3) is 0.188. The van der Waals surface area contributed by atoms with Crippen LogP contribution in [0.15, 0.2) is 43.1 Å². The molecule has 0 bridgehead atoms. The number of benzene rings is 1. The summed E-state index contributed by atoms with van der Waals surface area (Å²) in [6.07, 6.45) is 0. The summed E-state index contributed by atoms with van der Waals surface area (Å²) in [4.78, 5) is 33.2. The van der Waals surface area contributed by atoms with Gasteiger partial charge in [-0.1, -0.05) is 16.8 Å². The number of hydrogen-bond donors (Lipinski definition) is 0. The molecule has 0 fully saturated rings. The number of hydrogen-bond acceptors (Lipinski definition) is 6. The Morgan fingerprint density at radius 3 is 2.52 bits per heavy atom. The Morgan fingerprint density at radius 1 is 1.11 bits per heavy atom. The van der Waals surface area contributed by atoms with E-state index in [1.165, 1.54) is 11.6 Å². The van der Waals surface area contributed by atoms with E-state index in [2.05, 4.69) is 31.1 Å². The van der Waals surface area contributed by atoms with Crippen LogP contribution in [0, 0.1) is 0 Å². The zero-order chi connectivity index (χ0) is 19.3. The Balaban J connectivity index is 1.79. The van der Waals surface area contributed by atoms with Crippen molar-refractivity contribution < 1.29 is 4.52 Å². The maximum atomic E-state index is 12.3. The molecule has 3 aromatic heterocycles. The highest BCUT2D eigenvalue weighted by molar-refractivity contribution is 9.10. The van der Waals surface area contributed by atoms with Gasteiger partial charge in [0.05, 0.1) is 0 Å². The van der Waals surface area contributed by atoms with E-state index in [4.69, 9.17) is 16.1 Å². The van der Waals surface area contributed by atoms with E-state index in [0.29, 0.717) is 27.1 Å². The lowest BCUT2D eigenvalue weighted by atomic mass is 10.2. The van der Waals surface area contributed by atoms with Gasteiger partial charge in [-0.3, -0.25) is 18.5 Å². The second-order valence-electron chi connectivity index (χ2n) is 5.86. The molecule has 1 aromatic carbocycles. The molecule has 138 valence electrons. The molecule has 0 spiro atoms. The molecular weight excluding hydrogens is 440 g/mol. The number of halogens is 2. The monoisotopic (exact) mass is 450 g/mol. The molecule has 0 saturated carbocycles. The highest BCUT2D eigenvalue weighted by Crippen LogP contribution is 2.21. The smallest absolute Gasteiger partial charge is 0.332 e. The standard InChI is InChI=1S/C16H12BrClN6O3/c1-22-13-11(14(25)23(2)16(22)26)20-15(17)24(13)7-10-19-12(21-27-10)8-3-5-9(18)6-4-8/h3-6H,7H2,1-2H3. The highest BCUT2D eigenvalue weighted by atomic mass is 79.9. The Bertz CT molecular complexity index is 1280. The first-order valence-corrected chi connectivity index (χ1v) is 8.94. The number of rotatable bonds is 3. The van der Waals surface area contributed by atoms with Crippen LogP contribution in [0.4, 0.5) is 0 Å². The third-order valence-corrected chi connectivity index (χ3v) is 5.01. The van der Waals surface area contributed by atoms with Crippen molar-refractivity contribution in [2.24, 2.45) is 14.1 Å². The summed E-state index contributed by atoms with van der Waals surface area (Å²) in [5.41, 5.74) is 0.365. The minimum atomic E-state index is -0.472. The average molecular weight is 452 g/mol. The molecule has 0 aliphatic rings. The fourth-order valence-corrected chi connectivity index (χ4v) is 3.37. The molecule has 3 heterocycles. The third-order valence-electron chi connectivity index (χ3n) is 4.16. The van der Waals surface area contributed by atoms with Gasteiger partial charge in [-0.2, -0.15) is 4.98 Å². The molecule has 0 saturated heterocycles. The molecule has 11 heteroatoms. The van der Waals surface area contributed by atoms with Crippen molar-refractivity contribution in [2.45, 2.75) is 6.54 Å². The van der Waals surface area contributed by atoms with Gasteiger partial charge in [0.15, 0.2) is 15.9 Å². The zero-order valence-corrected chi connectivity index (χ0v) is 16.5. The Morgan fingerprint density at radius 2 is 1.81 bits per heavy atom. The highest BCUT2D eigenvalue weighted by Gasteiger charge is 2.19. The zero-order valence-electron chi connectivity index (χ0n) is 14.2. The first-order valence-electron chi connectivity index (χ1n) is 7.77. The van der Waals surface area contributed by atoms with Gasteiger partial charge < -0.3 is 4.52 Å². The van der Waals surface area contributed by atoms with Crippen LogP contribution < -0.4 is 11.2 Å². The second-order valence-corrected chi connectivity index (χ2v) is 7.01. The van der Waals surface area contributed by atoms with Gasteiger partial charge >= 0.3 is 5.69 Å². The maximum Gasteiger partial charge on any atom is 0.332 e. The van der Waals surface area contributed by atoms with Crippen LogP contribution in [0.1, 0.15) is 5.89 Å². The normalized spacial score (nSPS) is 11.4. The molecule has 0 aliphatic carbocycles. The van der Waals surface area contributed by atoms with E-state index in [1.807, 2.05) is 0 Å². The molecule has 0 amide bonds. The minimum Gasteiger partial charge on any atom is -0.337 e. The summed E-state index contributed by atoms with van der Waals surface area (Å²) in [7, 11) is 2.98. The lowest BCUT2D eigenvalue weighted by molar-refractivity contribution is 0.371. The molecule has 0 aliphatic heterocycles. The summed E-state index contributed by atoms with van der Waals surface area (Å²) in [6.45, 7) is 0.137. The van der Waals surface area contributed by atoms with E-state index >= 15 is 0 Å². The fourth-order valence-electron chi connectivity index (χ4n) is 2.77. The van der Waals surface area contributed by atoms with Crippen LogP contribution in [-0.4, -0.2) is 28.8 Å². The van der Waals surface area contributed by atoms with E-state index in [0.717, 1.165) is 10.1 Å². The average Bonchev–Trinajstić information content (AvgIpc) is 3.24. The van der Waals surface area contributed by atoms with E-state index < -0.39 is 11.2 Å². The number of fused-ring (bicyclic) bond motifs is 1. The predicted molar refractivity (Wildman–Crippen MR) is 102 cm³/mol. The largest absolute Gasteiger partial charge is 0.337 e. The topological polar surface area (TPSA) is 101 Å².